The molecule has 2 amide bonds. The fourth-order valence-electron chi connectivity index (χ4n) is 3.23. The van der Waals surface area contributed by atoms with Crippen molar-refractivity contribution in [2.45, 2.75) is 32.0 Å². The van der Waals surface area contributed by atoms with E-state index in [4.69, 9.17) is 10.5 Å². The number of carbonyl (C=O) groups excluding carboxylic acids is 2. The number of anilines is 1. The van der Waals surface area contributed by atoms with E-state index in [1.54, 1.807) is 38.1 Å². The molecule has 0 saturated heterocycles. The van der Waals surface area contributed by atoms with Gasteiger partial charge in [-0.3, -0.25) is 14.5 Å². The van der Waals surface area contributed by atoms with Crippen LogP contribution in [0.5, 0.6) is 5.75 Å². The number of halogens is 3. The number of benzene rings is 1. The van der Waals surface area contributed by atoms with Crippen molar-refractivity contribution in [3.8, 4) is 5.75 Å². The number of ether oxygens (including phenoxy) is 1. The lowest BCUT2D eigenvalue weighted by Crippen LogP contribution is -2.47. The van der Waals surface area contributed by atoms with Gasteiger partial charge >= 0.3 is 6.18 Å². The van der Waals surface area contributed by atoms with Gasteiger partial charge in [0.1, 0.15) is 0 Å². The van der Waals surface area contributed by atoms with Crippen LogP contribution in [0.2, 0.25) is 0 Å². The smallest absolute Gasteiger partial charge is 0.418 e. The maximum absolute atomic E-state index is 13.0. The third-order valence-electron chi connectivity index (χ3n) is 5.01. The van der Waals surface area contributed by atoms with Gasteiger partial charge in [-0.15, -0.1) is 0 Å². The maximum Gasteiger partial charge on any atom is 0.418 e. The van der Waals surface area contributed by atoms with Crippen LogP contribution in [0.1, 0.15) is 41.9 Å². The Labute approximate surface area is 182 Å². The molecule has 1 atom stereocenters. The number of aliphatic imine (C=N–C) groups is 1. The Balaban J connectivity index is 1.89. The first-order chi connectivity index (χ1) is 14.9. The normalized spacial score (nSPS) is 18.9. The molecule has 1 aromatic carbocycles. The summed E-state index contributed by atoms with van der Waals surface area (Å²) in [5, 5.41) is 2.61. The van der Waals surface area contributed by atoms with Gasteiger partial charge in [0, 0.05) is 18.9 Å². The molecule has 0 fully saturated rings. The molecule has 0 unspecified atom stereocenters. The molecule has 0 bridgehead atoms. The molecule has 3 N–H and O–H groups in total. The summed E-state index contributed by atoms with van der Waals surface area (Å²) < 4.78 is 44.1. The van der Waals surface area contributed by atoms with Crippen LogP contribution in [0.4, 0.5) is 18.9 Å². The van der Waals surface area contributed by atoms with Crippen LogP contribution in [0, 0.1) is 0 Å². The highest BCUT2D eigenvalue weighted by atomic mass is 19.4. The summed E-state index contributed by atoms with van der Waals surface area (Å²) in [6.45, 7) is 3.39. The molecule has 1 aliphatic rings. The molecule has 0 spiro atoms. The molecule has 2 heterocycles. The SMILES string of the molecule is CCOc1cc(C(F)(F)F)cnc1C(=O)Nc1cccc([C@]2(C)CC(=O)N(C)C(N)=N2)c1. The van der Waals surface area contributed by atoms with Gasteiger partial charge in [0.2, 0.25) is 5.91 Å². The number of pyridine rings is 1. The topological polar surface area (TPSA) is 110 Å². The minimum Gasteiger partial charge on any atom is -0.491 e. The lowest BCUT2D eigenvalue weighted by molar-refractivity contribution is -0.138. The number of aromatic nitrogens is 1. The molecule has 0 aliphatic carbocycles. The van der Waals surface area contributed by atoms with Crippen LogP contribution in [0.3, 0.4) is 0 Å². The van der Waals surface area contributed by atoms with Gasteiger partial charge < -0.3 is 15.8 Å². The Morgan fingerprint density at radius 1 is 1.34 bits per heavy atom. The number of alkyl halides is 3. The monoisotopic (exact) mass is 449 g/mol. The summed E-state index contributed by atoms with van der Waals surface area (Å²) in [7, 11) is 1.53. The standard InChI is InChI=1S/C21H22F3N5O3/c1-4-32-15-9-13(21(22,23)24)11-26-17(15)18(31)27-14-7-5-6-12(8-14)20(2)10-16(30)29(3)19(25)28-20/h5-9,11H,4,10H2,1-3H3,(H2,25,28)(H,27,31)/t20-/m0/s1. The van der Waals surface area contributed by atoms with E-state index >= 15 is 0 Å². The third-order valence-corrected chi connectivity index (χ3v) is 5.01. The van der Waals surface area contributed by atoms with E-state index in [-0.39, 0.29) is 36.3 Å². The van der Waals surface area contributed by atoms with Crippen LogP contribution in [0.25, 0.3) is 0 Å². The number of guanidine groups is 1. The number of nitrogens with two attached hydrogens (primary N) is 1. The number of rotatable bonds is 5. The predicted molar refractivity (Wildman–Crippen MR) is 111 cm³/mol. The second kappa shape index (κ2) is 8.48. The quantitative estimate of drug-likeness (QED) is 0.729. The maximum atomic E-state index is 13.0. The zero-order chi connectivity index (χ0) is 23.7. The van der Waals surface area contributed by atoms with Crippen molar-refractivity contribution >= 4 is 23.5 Å². The minimum atomic E-state index is -4.62. The second-order valence-corrected chi connectivity index (χ2v) is 7.41. The van der Waals surface area contributed by atoms with Crippen molar-refractivity contribution < 1.29 is 27.5 Å². The summed E-state index contributed by atoms with van der Waals surface area (Å²) in [6, 6.07) is 7.36. The lowest BCUT2D eigenvalue weighted by atomic mass is 9.87. The van der Waals surface area contributed by atoms with E-state index in [0.717, 1.165) is 6.07 Å². The highest BCUT2D eigenvalue weighted by molar-refractivity contribution is 6.05. The molecule has 1 aromatic heterocycles. The average molecular weight is 449 g/mol. The summed E-state index contributed by atoms with van der Waals surface area (Å²) in [5.74, 6) is -1.15. The van der Waals surface area contributed by atoms with Gasteiger partial charge in [0.25, 0.3) is 5.91 Å². The van der Waals surface area contributed by atoms with Crippen LogP contribution < -0.4 is 15.8 Å². The van der Waals surface area contributed by atoms with Gasteiger partial charge in [-0.2, -0.15) is 13.2 Å². The first-order valence-electron chi connectivity index (χ1n) is 9.68. The van der Waals surface area contributed by atoms with E-state index in [1.165, 1.54) is 11.9 Å². The first-order valence-corrected chi connectivity index (χ1v) is 9.68. The van der Waals surface area contributed by atoms with Crippen LogP contribution in [-0.4, -0.2) is 41.3 Å². The molecule has 32 heavy (non-hydrogen) atoms. The molecular formula is C21H22F3N5O3. The summed E-state index contributed by atoms with van der Waals surface area (Å²) in [6.07, 6.45) is -3.96. The van der Waals surface area contributed by atoms with Crippen molar-refractivity contribution in [1.82, 2.24) is 9.88 Å². The van der Waals surface area contributed by atoms with Gasteiger partial charge in [-0.25, -0.2) is 9.98 Å². The number of hydrogen-bond donors (Lipinski definition) is 2. The largest absolute Gasteiger partial charge is 0.491 e. The average Bonchev–Trinajstić information content (AvgIpc) is 2.71. The first kappa shape index (κ1) is 23.0. The van der Waals surface area contributed by atoms with Crippen LogP contribution >= 0.6 is 0 Å². The molecule has 0 saturated carbocycles. The molecular weight excluding hydrogens is 427 g/mol. The number of nitrogens with one attached hydrogen (secondary N) is 1. The van der Waals surface area contributed by atoms with E-state index in [0.29, 0.717) is 17.4 Å². The molecule has 1 aliphatic heterocycles. The molecule has 2 aromatic rings. The fourth-order valence-corrected chi connectivity index (χ4v) is 3.23. The fraction of sp³-hybridized carbons (Fsp3) is 0.333. The number of carbonyl (C=O) groups is 2. The third kappa shape index (κ3) is 4.66. The molecule has 0 radical (unpaired) electrons. The van der Waals surface area contributed by atoms with Crippen molar-refractivity contribution in [3.63, 3.8) is 0 Å². The van der Waals surface area contributed by atoms with Crippen LogP contribution in [-0.2, 0) is 16.5 Å². The zero-order valence-corrected chi connectivity index (χ0v) is 17.7. The second-order valence-electron chi connectivity index (χ2n) is 7.41. The van der Waals surface area contributed by atoms with Gasteiger partial charge in [0.05, 0.1) is 24.1 Å². The summed E-state index contributed by atoms with van der Waals surface area (Å²) in [5.41, 5.74) is 4.59. The van der Waals surface area contributed by atoms with E-state index in [1.807, 2.05) is 0 Å². The predicted octanol–water partition coefficient (Wildman–Crippen LogP) is 3.14. The highest BCUT2D eigenvalue weighted by Gasteiger charge is 2.36. The minimum absolute atomic E-state index is 0.0546. The van der Waals surface area contributed by atoms with E-state index in [9.17, 15) is 22.8 Å². The van der Waals surface area contributed by atoms with E-state index in [2.05, 4.69) is 15.3 Å². The zero-order valence-electron chi connectivity index (χ0n) is 17.7. The Hall–Kier alpha value is -3.63. The Morgan fingerprint density at radius 3 is 2.69 bits per heavy atom. The van der Waals surface area contributed by atoms with Crippen molar-refractivity contribution in [3.05, 3.63) is 53.3 Å². The van der Waals surface area contributed by atoms with Crippen molar-refractivity contribution in [1.29, 1.82) is 0 Å². The van der Waals surface area contributed by atoms with Crippen molar-refractivity contribution in [2.24, 2.45) is 10.7 Å². The van der Waals surface area contributed by atoms with E-state index < -0.39 is 23.2 Å². The Kier molecular flexibility index (Phi) is 6.11. The number of hydrogen-bond acceptors (Lipinski definition) is 6. The summed E-state index contributed by atoms with van der Waals surface area (Å²) >= 11 is 0. The number of amides is 2. The molecule has 8 nitrogen and oxygen atoms in total. The van der Waals surface area contributed by atoms with Crippen LogP contribution in [0.15, 0.2) is 41.5 Å². The van der Waals surface area contributed by atoms with Gasteiger partial charge in [0.15, 0.2) is 17.4 Å². The number of nitrogens with zero attached hydrogens (tertiary/aromatic N) is 3. The van der Waals surface area contributed by atoms with Gasteiger partial charge in [-0.1, -0.05) is 12.1 Å². The molecule has 170 valence electrons. The van der Waals surface area contributed by atoms with Crippen molar-refractivity contribution in [2.75, 3.05) is 19.0 Å². The Bertz CT molecular complexity index is 1090. The highest BCUT2D eigenvalue weighted by Crippen LogP contribution is 2.35. The summed E-state index contributed by atoms with van der Waals surface area (Å²) in [4.78, 5) is 34.3. The molecule has 3 rings (SSSR count). The lowest BCUT2D eigenvalue weighted by Gasteiger charge is -2.33. The molecule has 11 heteroatoms. The van der Waals surface area contributed by atoms with Gasteiger partial charge in [-0.05, 0) is 37.6 Å². The Morgan fingerprint density at radius 2 is 2.06 bits per heavy atom.